The Kier molecular flexibility index (Phi) is 5.27. The largest absolute Gasteiger partial charge is 0.345 e. The first kappa shape index (κ1) is 17.7. The van der Waals surface area contributed by atoms with Gasteiger partial charge < -0.3 is 4.90 Å². The Labute approximate surface area is 151 Å². The van der Waals surface area contributed by atoms with E-state index in [2.05, 4.69) is 10.2 Å². The van der Waals surface area contributed by atoms with Crippen molar-refractivity contribution in [2.24, 2.45) is 7.05 Å². The molecule has 0 spiro atoms. The van der Waals surface area contributed by atoms with E-state index in [1.54, 1.807) is 28.7 Å². The van der Waals surface area contributed by atoms with E-state index in [1.165, 1.54) is 4.68 Å². The van der Waals surface area contributed by atoms with Crippen LogP contribution in [0.4, 0.5) is 0 Å². The molecule has 9 heteroatoms. The van der Waals surface area contributed by atoms with Crippen LogP contribution in [0.1, 0.15) is 37.9 Å². The number of aromatic nitrogens is 5. The second kappa shape index (κ2) is 7.43. The highest BCUT2D eigenvalue weighted by Crippen LogP contribution is 2.25. The maximum atomic E-state index is 12.5. The third-order valence-electron chi connectivity index (χ3n) is 4.65. The smallest absolute Gasteiger partial charge is 0.342 e. The molecule has 0 unspecified atom stereocenters. The van der Waals surface area contributed by atoms with Crippen molar-refractivity contribution in [2.75, 3.05) is 13.1 Å². The van der Waals surface area contributed by atoms with Gasteiger partial charge in [-0.05, 0) is 19.8 Å². The number of carbonyl (C=O) groups excluding carboxylic acids is 1. The number of amides is 1. The first-order valence-corrected chi connectivity index (χ1v) is 8.96. The number of hydrogen-bond acceptors (Lipinski definition) is 4. The van der Waals surface area contributed by atoms with Gasteiger partial charge in [0, 0.05) is 51.8 Å². The van der Waals surface area contributed by atoms with E-state index in [4.69, 9.17) is 11.6 Å². The molecular weight excluding hydrogens is 344 g/mol. The zero-order valence-corrected chi connectivity index (χ0v) is 15.3. The highest BCUT2D eigenvalue weighted by Gasteiger charge is 2.28. The zero-order chi connectivity index (χ0) is 18.0. The van der Waals surface area contributed by atoms with Crippen LogP contribution in [0.2, 0.25) is 5.02 Å². The molecule has 0 N–H and O–H groups in total. The monoisotopic (exact) mass is 366 g/mol. The molecule has 136 valence electrons. The van der Waals surface area contributed by atoms with E-state index in [9.17, 15) is 9.59 Å². The van der Waals surface area contributed by atoms with Crippen LogP contribution in [0, 0.1) is 0 Å². The van der Waals surface area contributed by atoms with E-state index in [0.29, 0.717) is 31.1 Å². The van der Waals surface area contributed by atoms with Crippen LogP contribution in [0.5, 0.6) is 0 Å². The molecule has 1 saturated heterocycles. The van der Waals surface area contributed by atoms with Crippen LogP contribution in [-0.2, 0) is 24.9 Å². The second-order valence-electron chi connectivity index (χ2n) is 6.36. The van der Waals surface area contributed by atoms with Crippen molar-refractivity contribution in [1.29, 1.82) is 0 Å². The third kappa shape index (κ3) is 3.78. The summed E-state index contributed by atoms with van der Waals surface area (Å²) in [6, 6.07) is 0. The van der Waals surface area contributed by atoms with Crippen molar-refractivity contribution in [3.05, 3.63) is 33.7 Å². The summed E-state index contributed by atoms with van der Waals surface area (Å²) in [4.78, 5) is 26.5. The van der Waals surface area contributed by atoms with Gasteiger partial charge in [0.1, 0.15) is 5.82 Å². The number of likely N-dealkylation sites (tertiary alicyclic amines) is 1. The van der Waals surface area contributed by atoms with Crippen molar-refractivity contribution in [2.45, 2.75) is 45.2 Å². The molecule has 8 nitrogen and oxygen atoms in total. The van der Waals surface area contributed by atoms with Gasteiger partial charge in [-0.2, -0.15) is 10.2 Å². The molecular formula is C16H23ClN6O2. The van der Waals surface area contributed by atoms with Gasteiger partial charge in [0.25, 0.3) is 0 Å². The molecule has 1 aliphatic rings. The number of aryl methyl sites for hydroxylation is 2. The molecule has 1 amide bonds. The fraction of sp³-hybridized carbons (Fsp3) is 0.625. The summed E-state index contributed by atoms with van der Waals surface area (Å²) < 4.78 is 4.75. The summed E-state index contributed by atoms with van der Waals surface area (Å²) in [5, 5.41) is 9.06. The number of nitrogens with zero attached hydrogens (tertiary/aromatic N) is 6. The van der Waals surface area contributed by atoms with Crippen molar-refractivity contribution in [1.82, 2.24) is 29.0 Å². The summed E-state index contributed by atoms with van der Waals surface area (Å²) >= 11 is 5.84. The minimum absolute atomic E-state index is 0.0950. The molecule has 0 aliphatic carbocycles. The molecule has 2 aromatic heterocycles. The Morgan fingerprint density at radius 1 is 1.44 bits per heavy atom. The highest BCUT2D eigenvalue weighted by atomic mass is 35.5. The van der Waals surface area contributed by atoms with Crippen molar-refractivity contribution < 1.29 is 4.79 Å². The SMILES string of the molecule is CCn1c([C@H]2CCCN(C(=O)CCn3cc(Cl)cn3)C2)nn(C)c1=O. The molecule has 0 saturated carbocycles. The van der Waals surface area contributed by atoms with Crippen LogP contribution < -0.4 is 5.69 Å². The summed E-state index contributed by atoms with van der Waals surface area (Å²) in [5.41, 5.74) is -0.100. The maximum Gasteiger partial charge on any atom is 0.345 e. The average Bonchev–Trinajstić information content (AvgIpc) is 3.16. The summed E-state index contributed by atoms with van der Waals surface area (Å²) in [6.45, 7) is 4.39. The quantitative estimate of drug-likeness (QED) is 0.797. The predicted octanol–water partition coefficient (Wildman–Crippen LogP) is 1.25. The van der Waals surface area contributed by atoms with Gasteiger partial charge in [-0.15, -0.1) is 0 Å². The summed E-state index contributed by atoms with van der Waals surface area (Å²) in [7, 11) is 1.67. The lowest BCUT2D eigenvalue weighted by molar-refractivity contribution is -0.132. The van der Waals surface area contributed by atoms with E-state index >= 15 is 0 Å². The zero-order valence-electron chi connectivity index (χ0n) is 14.6. The maximum absolute atomic E-state index is 12.5. The number of carbonyl (C=O) groups is 1. The first-order valence-electron chi connectivity index (χ1n) is 8.59. The van der Waals surface area contributed by atoms with Gasteiger partial charge in [-0.3, -0.25) is 14.0 Å². The Morgan fingerprint density at radius 3 is 2.92 bits per heavy atom. The highest BCUT2D eigenvalue weighted by molar-refractivity contribution is 6.30. The summed E-state index contributed by atoms with van der Waals surface area (Å²) in [5.74, 6) is 0.981. The Bertz CT molecular complexity index is 808. The molecule has 2 aromatic rings. The molecule has 1 fully saturated rings. The number of rotatable bonds is 5. The van der Waals surface area contributed by atoms with Gasteiger partial charge in [-0.25, -0.2) is 9.48 Å². The molecule has 0 radical (unpaired) electrons. The van der Waals surface area contributed by atoms with E-state index in [0.717, 1.165) is 25.2 Å². The van der Waals surface area contributed by atoms with E-state index < -0.39 is 0 Å². The van der Waals surface area contributed by atoms with Crippen LogP contribution in [0.3, 0.4) is 0 Å². The van der Waals surface area contributed by atoms with E-state index in [1.807, 2.05) is 11.8 Å². The topological polar surface area (TPSA) is 78.0 Å². The van der Waals surface area contributed by atoms with Gasteiger partial charge in [0.15, 0.2) is 0 Å². The molecule has 0 aromatic carbocycles. The van der Waals surface area contributed by atoms with Crippen LogP contribution in [0.15, 0.2) is 17.2 Å². The third-order valence-corrected chi connectivity index (χ3v) is 4.84. The minimum atomic E-state index is -0.100. The molecule has 0 bridgehead atoms. The van der Waals surface area contributed by atoms with Crippen molar-refractivity contribution >= 4 is 17.5 Å². The lowest BCUT2D eigenvalue weighted by Crippen LogP contribution is -2.40. The standard InChI is InChI=1S/C16H23ClN6O2/c1-3-23-15(19-20(2)16(23)25)12-5-4-7-21(10-12)14(24)6-8-22-11-13(17)9-18-22/h9,11-12H,3-8,10H2,1-2H3/t12-/m0/s1. The van der Waals surface area contributed by atoms with Gasteiger partial charge in [0.2, 0.25) is 5.91 Å². The fourth-order valence-corrected chi connectivity index (χ4v) is 3.52. The molecule has 3 heterocycles. The fourth-order valence-electron chi connectivity index (χ4n) is 3.37. The second-order valence-corrected chi connectivity index (χ2v) is 6.80. The minimum Gasteiger partial charge on any atom is -0.342 e. The first-order chi connectivity index (χ1) is 12.0. The predicted molar refractivity (Wildman–Crippen MR) is 93.6 cm³/mol. The van der Waals surface area contributed by atoms with Gasteiger partial charge >= 0.3 is 5.69 Å². The number of hydrogen-bond donors (Lipinski definition) is 0. The van der Waals surface area contributed by atoms with Crippen LogP contribution in [0.25, 0.3) is 0 Å². The normalized spacial score (nSPS) is 17.9. The molecule has 1 atom stereocenters. The van der Waals surface area contributed by atoms with Crippen molar-refractivity contribution in [3.63, 3.8) is 0 Å². The molecule has 1 aliphatic heterocycles. The number of piperidine rings is 1. The Hall–Kier alpha value is -2.09. The van der Waals surface area contributed by atoms with Crippen LogP contribution >= 0.6 is 11.6 Å². The van der Waals surface area contributed by atoms with E-state index in [-0.39, 0.29) is 17.5 Å². The Balaban J connectivity index is 1.65. The molecule has 3 rings (SSSR count). The summed E-state index contributed by atoms with van der Waals surface area (Å²) in [6.07, 6.45) is 5.51. The van der Waals surface area contributed by atoms with Gasteiger partial charge in [0.05, 0.1) is 11.2 Å². The van der Waals surface area contributed by atoms with Crippen molar-refractivity contribution in [3.8, 4) is 0 Å². The average molecular weight is 367 g/mol. The Morgan fingerprint density at radius 2 is 2.24 bits per heavy atom. The number of halogens is 1. The van der Waals surface area contributed by atoms with Gasteiger partial charge in [-0.1, -0.05) is 11.6 Å². The molecule has 25 heavy (non-hydrogen) atoms. The lowest BCUT2D eigenvalue weighted by Gasteiger charge is -2.32. The van der Waals surface area contributed by atoms with Crippen LogP contribution in [-0.4, -0.2) is 48.0 Å². The lowest BCUT2D eigenvalue weighted by atomic mass is 9.97.